The third-order valence-electron chi connectivity index (χ3n) is 4.20. The second kappa shape index (κ2) is 6.46. The lowest BCUT2D eigenvalue weighted by molar-refractivity contribution is -0.00487. The predicted molar refractivity (Wildman–Crippen MR) is 96.5 cm³/mol. The molecule has 2 heterocycles. The molecule has 7 heteroatoms. The number of hydrogen-bond donors (Lipinski definition) is 0. The van der Waals surface area contributed by atoms with E-state index >= 15 is 0 Å². The first-order valence-corrected chi connectivity index (χ1v) is 9.70. The number of hydrogen-bond acceptors (Lipinski definition) is 4. The van der Waals surface area contributed by atoms with Gasteiger partial charge in [0, 0.05) is 5.56 Å². The zero-order valence-electron chi connectivity index (χ0n) is 13.3. The Kier molecular flexibility index (Phi) is 4.29. The first-order valence-electron chi connectivity index (χ1n) is 7.88. The van der Waals surface area contributed by atoms with E-state index in [4.69, 9.17) is 21.1 Å². The van der Waals surface area contributed by atoms with Crippen molar-refractivity contribution in [3.63, 3.8) is 0 Å². The van der Waals surface area contributed by atoms with Crippen molar-refractivity contribution >= 4 is 32.3 Å². The number of rotatable bonds is 3. The van der Waals surface area contributed by atoms with Crippen LogP contribution in [0.2, 0.25) is 0 Å². The van der Waals surface area contributed by atoms with Gasteiger partial charge in [0.15, 0.2) is 6.29 Å². The number of fused-ring (bicyclic) bond motifs is 1. The highest BCUT2D eigenvalue weighted by atomic mass is 35.5. The summed E-state index contributed by atoms with van der Waals surface area (Å²) in [5.41, 5.74) is 2.09. The molecular weight excluding hydrogens is 362 g/mol. The number of sulfonamides is 1. The number of nitrogens with zero attached hydrogens (tertiary/aromatic N) is 1. The van der Waals surface area contributed by atoms with Gasteiger partial charge >= 0.3 is 0 Å². The van der Waals surface area contributed by atoms with E-state index in [2.05, 4.69) is 0 Å². The monoisotopic (exact) mass is 377 g/mol. The average Bonchev–Trinajstić information content (AvgIpc) is 3.13. The fraction of sp³-hybridized carbons (Fsp3) is 0.222. The summed E-state index contributed by atoms with van der Waals surface area (Å²) in [6.45, 7) is 0.892. The summed E-state index contributed by atoms with van der Waals surface area (Å²) >= 11 is 6.46. The minimum atomic E-state index is -3.88. The van der Waals surface area contributed by atoms with Crippen molar-refractivity contribution in [2.45, 2.75) is 12.8 Å². The molecule has 0 amide bonds. The van der Waals surface area contributed by atoms with Crippen molar-refractivity contribution < 1.29 is 17.9 Å². The molecule has 25 heavy (non-hydrogen) atoms. The van der Waals surface area contributed by atoms with E-state index in [-0.39, 0.29) is 16.5 Å². The molecule has 0 aromatic heterocycles. The molecule has 1 saturated heterocycles. The first-order chi connectivity index (χ1) is 12.1. The van der Waals surface area contributed by atoms with Crippen LogP contribution in [-0.2, 0) is 26.0 Å². The summed E-state index contributed by atoms with van der Waals surface area (Å²) in [4.78, 5) is -0.0266. The molecule has 2 aliphatic heterocycles. The first kappa shape index (κ1) is 16.6. The zero-order valence-corrected chi connectivity index (χ0v) is 14.8. The van der Waals surface area contributed by atoms with Crippen LogP contribution in [0.25, 0.3) is 5.03 Å². The molecule has 0 saturated carbocycles. The average molecular weight is 378 g/mol. The Hall–Kier alpha value is -1.86. The van der Waals surface area contributed by atoms with Crippen LogP contribution in [0.3, 0.4) is 0 Å². The lowest BCUT2D eigenvalue weighted by Crippen LogP contribution is -2.38. The number of halogens is 1. The Bertz CT molecular complexity index is 921. The molecule has 0 unspecified atom stereocenters. The number of ether oxygens (including phenoxy) is 2. The van der Waals surface area contributed by atoms with E-state index in [9.17, 15) is 8.42 Å². The third-order valence-corrected chi connectivity index (χ3v) is 6.58. The molecule has 5 nitrogen and oxygen atoms in total. The van der Waals surface area contributed by atoms with Gasteiger partial charge in [0.1, 0.15) is 4.91 Å². The highest BCUT2D eigenvalue weighted by molar-refractivity contribution is 7.97. The van der Waals surface area contributed by atoms with Crippen molar-refractivity contribution in [2.24, 2.45) is 0 Å². The second-order valence-electron chi connectivity index (χ2n) is 5.77. The Labute approximate surface area is 151 Å². The van der Waals surface area contributed by atoms with Crippen LogP contribution in [0.15, 0.2) is 59.5 Å². The summed E-state index contributed by atoms with van der Waals surface area (Å²) in [5.74, 6) is 0. The van der Waals surface area contributed by atoms with E-state index < -0.39 is 16.3 Å². The second-order valence-corrected chi connectivity index (χ2v) is 7.97. The number of anilines is 1. The van der Waals surface area contributed by atoms with E-state index in [1.165, 1.54) is 4.31 Å². The zero-order chi connectivity index (χ0) is 17.4. The highest BCUT2D eigenvalue weighted by Crippen LogP contribution is 2.44. The molecular formula is C18H16ClNO4S. The summed E-state index contributed by atoms with van der Waals surface area (Å²) in [6.07, 6.45) is -0.968. The van der Waals surface area contributed by atoms with Gasteiger partial charge in [0.05, 0.1) is 30.5 Å². The molecule has 0 radical (unpaired) electrons. The standard InChI is InChI=1S/C18H16ClNO4S/c19-16-14-8-4-5-9-15(14)20(12-13-6-2-1-3-7-13)25(21,22)17(16)18-23-10-11-24-18/h1-9,18H,10-12H2. The quantitative estimate of drug-likeness (QED) is 0.823. The molecule has 0 N–H and O–H groups in total. The highest BCUT2D eigenvalue weighted by Gasteiger charge is 2.42. The predicted octanol–water partition coefficient (Wildman–Crippen LogP) is 3.32. The van der Waals surface area contributed by atoms with Crippen molar-refractivity contribution in [1.29, 1.82) is 0 Å². The van der Waals surface area contributed by atoms with Gasteiger partial charge in [-0.05, 0) is 11.6 Å². The molecule has 2 aromatic rings. The maximum absolute atomic E-state index is 13.3. The summed E-state index contributed by atoms with van der Waals surface area (Å²) < 4.78 is 38.9. The molecule has 0 atom stereocenters. The van der Waals surface area contributed by atoms with Gasteiger partial charge in [-0.2, -0.15) is 0 Å². The maximum Gasteiger partial charge on any atom is 0.267 e. The van der Waals surface area contributed by atoms with Crippen molar-refractivity contribution in [2.75, 3.05) is 17.5 Å². The molecule has 130 valence electrons. The SMILES string of the molecule is O=S1(=O)C(C2OCCO2)=C(Cl)c2ccccc2N1Cc1ccccc1. The summed E-state index contributed by atoms with van der Waals surface area (Å²) in [7, 11) is -3.88. The maximum atomic E-state index is 13.3. The van der Waals surface area contributed by atoms with Crippen LogP contribution in [0.4, 0.5) is 5.69 Å². The molecule has 2 aliphatic rings. The lowest BCUT2D eigenvalue weighted by atomic mass is 10.1. The normalized spacial score (nSPS) is 20.0. The van der Waals surface area contributed by atoms with Crippen LogP contribution >= 0.6 is 11.6 Å². The van der Waals surface area contributed by atoms with Crippen LogP contribution < -0.4 is 4.31 Å². The molecule has 4 rings (SSSR count). The number of benzene rings is 2. The molecule has 0 bridgehead atoms. The fourth-order valence-corrected chi connectivity index (χ4v) is 5.26. The Morgan fingerprint density at radius 1 is 1.00 bits per heavy atom. The molecule has 0 spiro atoms. The van der Waals surface area contributed by atoms with Gasteiger partial charge in [0.2, 0.25) is 0 Å². The van der Waals surface area contributed by atoms with Crippen molar-refractivity contribution in [1.82, 2.24) is 0 Å². The van der Waals surface area contributed by atoms with Crippen LogP contribution in [0, 0.1) is 0 Å². The van der Waals surface area contributed by atoms with Crippen LogP contribution in [0.5, 0.6) is 0 Å². The van der Waals surface area contributed by atoms with Crippen LogP contribution in [0.1, 0.15) is 11.1 Å². The van der Waals surface area contributed by atoms with Gasteiger partial charge in [-0.15, -0.1) is 0 Å². The van der Waals surface area contributed by atoms with Gasteiger partial charge in [-0.3, -0.25) is 4.31 Å². The smallest absolute Gasteiger partial charge is 0.267 e. The van der Waals surface area contributed by atoms with E-state index in [1.54, 1.807) is 18.2 Å². The van der Waals surface area contributed by atoms with Crippen molar-refractivity contribution in [3.05, 3.63) is 70.6 Å². The van der Waals surface area contributed by atoms with E-state index in [0.29, 0.717) is 24.5 Å². The van der Waals surface area contributed by atoms with Gasteiger partial charge in [0.25, 0.3) is 10.0 Å². The Morgan fingerprint density at radius 2 is 1.64 bits per heavy atom. The van der Waals surface area contributed by atoms with Crippen LogP contribution in [-0.4, -0.2) is 27.9 Å². The van der Waals surface area contributed by atoms with E-state index in [1.807, 2.05) is 36.4 Å². The van der Waals surface area contributed by atoms with Gasteiger partial charge < -0.3 is 9.47 Å². The Balaban J connectivity index is 1.87. The van der Waals surface area contributed by atoms with Crippen molar-refractivity contribution in [3.8, 4) is 0 Å². The summed E-state index contributed by atoms with van der Waals surface area (Å²) in [5, 5.41) is 0.159. The van der Waals surface area contributed by atoms with E-state index in [0.717, 1.165) is 5.56 Å². The molecule has 0 aliphatic carbocycles. The molecule has 2 aromatic carbocycles. The number of para-hydroxylation sites is 1. The molecule has 1 fully saturated rings. The Morgan fingerprint density at radius 3 is 2.36 bits per heavy atom. The largest absolute Gasteiger partial charge is 0.345 e. The third kappa shape index (κ3) is 2.85. The topological polar surface area (TPSA) is 55.8 Å². The minimum absolute atomic E-state index is 0.0266. The summed E-state index contributed by atoms with van der Waals surface area (Å²) in [6, 6.07) is 16.6. The fourth-order valence-electron chi connectivity index (χ4n) is 3.03. The van der Waals surface area contributed by atoms with Gasteiger partial charge in [-0.25, -0.2) is 8.42 Å². The van der Waals surface area contributed by atoms with Gasteiger partial charge in [-0.1, -0.05) is 60.1 Å². The lowest BCUT2D eigenvalue weighted by Gasteiger charge is -2.33. The minimum Gasteiger partial charge on any atom is -0.345 e.